The number of ether oxygens (including phenoxy) is 1. The highest BCUT2D eigenvalue weighted by atomic mass is 35.5. The van der Waals surface area contributed by atoms with Crippen LogP contribution in [0.25, 0.3) is 22.0 Å². The predicted molar refractivity (Wildman–Crippen MR) is 171 cm³/mol. The van der Waals surface area contributed by atoms with Crippen LogP contribution in [0.1, 0.15) is 58.7 Å². The summed E-state index contributed by atoms with van der Waals surface area (Å²) in [5.41, 5.74) is 12.5. The number of amides is 1. The van der Waals surface area contributed by atoms with E-state index < -0.39 is 5.97 Å². The van der Waals surface area contributed by atoms with Crippen molar-refractivity contribution in [3.05, 3.63) is 118 Å². The number of nitrogens with one attached hydrogen (secondary N) is 1. The van der Waals surface area contributed by atoms with Gasteiger partial charge < -0.3 is 20.4 Å². The minimum Gasteiger partial charge on any atom is -0.461 e. The largest absolute Gasteiger partial charge is 0.461 e. The lowest BCUT2D eigenvalue weighted by Crippen LogP contribution is -2.18. The molecule has 5 aromatic rings. The van der Waals surface area contributed by atoms with Crippen molar-refractivity contribution in [3.63, 3.8) is 0 Å². The number of nitrogens with zero attached hydrogens (tertiary/aromatic N) is 1. The van der Waals surface area contributed by atoms with E-state index in [0.29, 0.717) is 28.5 Å². The molecule has 3 N–H and O–H groups in total. The van der Waals surface area contributed by atoms with Gasteiger partial charge in [-0.2, -0.15) is 0 Å². The molecule has 1 amide bonds. The normalized spacial score (nSPS) is 11.0. The van der Waals surface area contributed by atoms with Gasteiger partial charge in [-0.05, 0) is 78.4 Å². The van der Waals surface area contributed by atoms with Crippen LogP contribution in [-0.4, -0.2) is 23.1 Å². The van der Waals surface area contributed by atoms with Crippen molar-refractivity contribution in [1.82, 2.24) is 4.57 Å². The van der Waals surface area contributed by atoms with Crippen molar-refractivity contribution >= 4 is 45.8 Å². The number of carbonyl (C=O) groups is 2. The molecule has 0 fully saturated rings. The monoisotopic (exact) mass is 579 g/mol. The Morgan fingerprint density at radius 1 is 0.881 bits per heavy atom. The maximum Gasteiger partial charge on any atom is 0.357 e. The number of anilines is 2. The van der Waals surface area contributed by atoms with E-state index in [-0.39, 0.29) is 18.2 Å². The summed E-state index contributed by atoms with van der Waals surface area (Å²) >= 11 is 6.32. The number of rotatable bonds is 10. The third-order valence-electron chi connectivity index (χ3n) is 7.26. The number of hydrogen-bond acceptors (Lipinski definition) is 4. The molecule has 0 saturated heterocycles. The molecular weight excluding hydrogens is 546 g/mol. The van der Waals surface area contributed by atoms with Crippen molar-refractivity contribution in [2.45, 2.75) is 39.7 Å². The standard InChI is InChI=1S/C35H34ClN3O3/c1-3-5-8-23-13-15-25(16-14-23)26-17-18-30-31(21-26)39(22-24-9-6-11-28(36)19-24)33(35(41)42-4-2)32(30)38-34(40)27-10-7-12-29(37)20-27/h6-7,9-21H,3-5,8,22,37H2,1-2H3,(H,38,40). The number of nitrogen functional groups attached to an aromatic ring is 1. The second-order valence-electron chi connectivity index (χ2n) is 10.3. The summed E-state index contributed by atoms with van der Waals surface area (Å²) in [4.78, 5) is 26.9. The van der Waals surface area contributed by atoms with Gasteiger partial charge in [-0.25, -0.2) is 4.79 Å². The van der Waals surface area contributed by atoms with Crippen LogP contribution in [0.15, 0.2) is 91.0 Å². The van der Waals surface area contributed by atoms with Crippen LogP contribution in [-0.2, 0) is 17.7 Å². The number of halogens is 1. The van der Waals surface area contributed by atoms with Crippen LogP contribution in [0.5, 0.6) is 0 Å². The Balaban J connectivity index is 1.67. The van der Waals surface area contributed by atoms with Gasteiger partial charge in [-0.1, -0.05) is 79.5 Å². The van der Waals surface area contributed by atoms with E-state index in [0.717, 1.165) is 46.9 Å². The average Bonchev–Trinajstić information content (AvgIpc) is 3.28. The lowest BCUT2D eigenvalue weighted by atomic mass is 10.0. The molecule has 0 saturated carbocycles. The summed E-state index contributed by atoms with van der Waals surface area (Å²) in [7, 11) is 0. The van der Waals surface area contributed by atoms with Gasteiger partial charge in [0.05, 0.1) is 17.8 Å². The van der Waals surface area contributed by atoms with Crippen LogP contribution >= 0.6 is 11.6 Å². The molecule has 0 radical (unpaired) electrons. The van der Waals surface area contributed by atoms with Gasteiger partial charge >= 0.3 is 5.97 Å². The molecule has 0 spiro atoms. The number of fused-ring (bicyclic) bond motifs is 1. The fourth-order valence-corrected chi connectivity index (χ4v) is 5.37. The zero-order valence-electron chi connectivity index (χ0n) is 23.8. The summed E-state index contributed by atoms with van der Waals surface area (Å²) in [5, 5.41) is 4.32. The molecule has 42 heavy (non-hydrogen) atoms. The SMILES string of the molecule is CCCCc1ccc(-c2ccc3c(NC(=O)c4cccc(N)c4)c(C(=O)OCC)n(Cc4cccc(Cl)c4)c3c2)cc1. The number of unbranched alkanes of at least 4 members (excludes halogenated alkanes) is 1. The van der Waals surface area contributed by atoms with Crippen molar-refractivity contribution in [2.75, 3.05) is 17.7 Å². The quantitative estimate of drug-likeness (QED) is 0.128. The first kappa shape index (κ1) is 29.0. The molecule has 4 aromatic carbocycles. The van der Waals surface area contributed by atoms with Crippen molar-refractivity contribution < 1.29 is 14.3 Å². The van der Waals surface area contributed by atoms with E-state index >= 15 is 0 Å². The van der Waals surface area contributed by atoms with Gasteiger partial charge in [0.25, 0.3) is 5.91 Å². The summed E-state index contributed by atoms with van der Waals surface area (Å²) in [6, 6.07) is 28.8. The molecule has 0 aliphatic rings. The van der Waals surface area contributed by atoms with Crippen LogP contribution in [0.4, 0.5) is 11.4 Å². The van der Waals surface area contributed by atoms with Gasteiger partial charge in [0, 0.05) is 28.2 Å². The first-order valence-corrected chi connectivity index (χ1v) is 14.6. The summed E-state index contributed by atoms with van der Waals surface area (Å²) in [6.07, 6.45) is 3.36. The van der Waals surface area contributed by atoms with E-state index in [4.69, 9.17) is 22.1 Å². The number of carbonyl (C=O) groups excluding carboxylic acids is 2. The maximum atomic E-state index is 13.5. The Labute approximate surface area is 251 Å². The summed E-state index contributed by atoms with van der Waals surface area (Å²) in [6.45, 7) is 4.49. The van der Waals surface area contributed by atoms with Crippen LogP contribution in [0, 0.1) is 0 Å². The Hall–Kier alpha value is -4.55. The Kier molecular flexibility index (Phi) is 8.94. The number of benzene rings is 4. The predicted octanol–water partition coefficient (Wildman–Crippen LogP) is 8.36. The topological polar surface area (TPSA) is 86.3 Å². The van der Waals surface area contributed by atoms with E-state index in [1.165, 1.54) is 5.56 Å². The van der Waals surface area contributed by atoms with Crippen LogP contribution < -0.4 is 11.1 Å². The second-order valence-corrected chi connectivity index (χ2v) is 10.7. The molecule has 0 aliphatic carbocycles. The van der Waals surface area contributed by atoms with E-state index in [9.17, 15) is 9.59 Å². The number of esters is 1. The number of aromatic nitrogens is 1. The molecule has 5 rings (SSSR count). The molecule has 0 aliphatic heterocycles. The minimum atomic E-state index is -0.527. The highest BCUT2D eigenvalue weighted by molar-refractivity contribution is 6.30. The molecule has 1 aromatic heterocycles. The number of nitrogens with two attached hydrogens (primary N) is 1. The lowest BCUT2D eigenvalue weighted by Gasteiger charge is -2.13. The lowest BCUT2D eigenvalue weighted by molar-refractivity contribution is 0.0516. The Morgan fingerprint density at radius 2 is 1.64 bits per heavy atom. The molecule has 0 atom stereocenters. The minimum absolute atomic E-state index is 0.190. The first-order chi connectivity index (χ1) is 20.4. The van der Waals surface area contributed by atoms with Gasteiger partial charge in [0.1, 0.15) is 0 Å². The van der Waals surface area contributed by atoms with Gasteiger partial charge in [-0.15, -0.1) is 0 Å². The van der Waals surface area contributed by atoms with E-state index in [1.807, 2.05) is 41.0 Å². The maximum absolute atomic E-state index is 13.5. The highest BCUT2D eigenvalue weighted by Crippen LogP contribution is 2.36. The van der Waals surface area contributed by atoms with Gasteiger partial charge in [-0.3, -0.25) is 4.79 Å². The fraction of sp³-hybridized carbons (Fsp3) is 0.200. The Bertz CT molecular complexity index is 1740. The van der Waals surface area contributed by atoms with Crippen molar-refractivity contribution in [2.24, 2.45) is 0 Å². The van der Waals surface area contributed by atoms with Crippen LogP contribution in [0.2, 0.25) is 5.02 Å². The third kappa shape index (κ3) is 6.34. The fourth-order valence-electron chi connectivity index (χ4n) is 5.16. The zero-order chi connectivity index (χ0) is 29.6. The van der Waals surface area contributed by atoms with Gasteiger partial charge in [0.2, 0.25) is 0 Å². The highest BCUT2D eigenvalue weighted by Gasteiger charge is 2.26. The summed E-state index contributed by atoms with van der Waals surface area (Å²) in [5.74, 6) is -0.901. The second kappa shape index (κ2) is 13.0. The smallest absolute Gasteiger partial charge is 0.357 e. The number of hydrogen-bond donors (Lipinski definition) is 2. The molecule has 0 unspecified atom stereocenters. The first-order valence-electron chi connectivity index (χ1n) is 14.2. The molecule has 1 heterocycles. The van der Waals surface area contributed by atoms with Gasteiger partial charge in [0.15, 0.2) is 5.69 Å². The summed E-state index contributed by atoms with van der Waals surface area (Å²) < 4.78 is 7.41. The molecule has 6 nitrogen and oxygen atoms in total. The molecule has 214 valence electrons. The molecular formula is C35H34ClN3O3. The molecule has 0 bridgehead atoms. The zero-order valence-corrected chi connectivity index (χ0v) is 24.6. The van der Waals surface area contributed by atoms with Crippen molar-refractivity contribution in [3.8, 4) is 11.1 Å². The number of aryl methyl sites for hydroxylation is 1. The van der Waals surface area contributed by atoms with Crippen molar-refractivity contribution in [1.29, 1.82) is 0 Å². The average molecular weight is 580 g/mol. The van der Waals surface area contributed by atoms with E-state index in [1.54, 1.807) is 31.2 Å². The van der Waals surface area contributed by atoms with Crippen LogP contribution in [0.3, 0.4) is 0 Å². The Morgan fingerprint density at radius 3 is 2.36 bits per heavy atom. The van der Waals surface area contributed by atoms with E-state index in [2.05, 4.69) is 42.6 Å². The third-order valence-corrected chi connectivity index (χ3v) is 7.49. The molecule has 7 heteroatoms.